The maximum atomic E-state index is 12.3. The Hall–Kier alpha value is -1.74. The smallest absolute Gasteiger partial charge is 0.406 e. The van der Waals surface area contributed by atoms with Crippen LogP contribution in [0.2, 0.25) is 0 Å². The van der Waals surface area contributed by atoms with Crippen molar-refractivity contribution in [2.75, 3.05) is 13.1 Å². The Morgan fingerprint density at radius 3 is 2.36 bits per heavy atom. The van der Waals surface area contributed by atoms with Crippen LogP contribution >= 0.6 is 0 Å². The van der Waals surface area contributed by atoms with E-state index in [2.05, 4.69) is 36.5 Å². The van der Waals surface area contributed by atoms with Crippen molar-refractivity contribution in [2.45, 2.75) is 52.9 Å². The van der Waals surface area contributed by atoms with Gasteiger partial charge >= 0.3 is 6.36 Å². The molecule has 3 nitrogen and oxygen atoms in total. The van der Waals surface area contributed by atoms with E-state index in [4.69, 9.17) is 0 Å². The van der Waals surface area contributed by atoms with Gasteiger partial charge in [-0.15, -0.1) is 13.2 Å². The maximum Gasteiger partial charge on any atom is 0.573 e. The van der Waals surface area contributed by atoms with Gasteiger partial charge in [0.25, 0.3) is 0 Å². The summed E-state index contributed by atoms with van der Waals surface area (Å²) in [6.45, 7) is 8.79. The zero-order valence-corrected chi connectivity index (χ0v) is 15.0. The molecule has 0 amide bonds. The average Bonchev–Trinajstić information content (AvgIpc) is 2.47. The molecule has 0 bridgehead atoms. The lowest BCUT2D eigenvalue weighted by Gasteiger charge is -2.49. The van der Waals surface area contributed by atoms with Crippen LogP contribution in [0, 0.1) is 22.2 Å². The van der Waals surface area contributed by atoms with Crippen LogP contribution in [0.1, 0.15) is 45.6 Å². The second-order valence-electron chi connectivity index (χ2n) is 7.84. The summed E-state index contributed by atoms with van der Waals surface area (Å²) < 4.78 is 41.0. The summed E-state index contributed by atoms with van der Waals surface area (Å²) in [5, 5.41) is 9.20. The number of nitriles is 1. The van der Waals surface area contributed by atoms with Crippen molar-refractivity contribution < 1.29 is 17.9 Å². The predicted molar refractivity (Wildman–Crippen MR) is 89.8 cm³/mol. The van der Waals surface area contributed by atoms with Gasteiger partial charge in [-0.1, -0.05) is 32.9 Å². The highest BCUT2D eigenvalue weighted by atomic mass is 19.4. The van der Waals surface area contributed by atoms with Gasteiger partial charge in [0.1, 0.15) is 5.75 Å². The molecule has 0 radical (unpaired) electrons. The molecule has 6 heteroatoms. The Morgan fingerprint density at radius 2 is 1.84 bits per heavy atom. The van der Waals surface area contributed by atoms with Gasteiger partial charge in [0.05, 0.1) is 6.07 Å². The molecule has 0 atom stereocenters. The first-order valence-corrected chi connectivity index (χ1v) is 8.49. The molecule has 0 unspecified atom stereocenters. The summed E-state index contributed by atoms with van der Waals surface area (Å²) in [5.41, 5.74) is 0.847. The lowest BCUT2D eigenvalue weighted by Crippen LogP contribution is -2.46. The number of hydrogen-bond donors (Lipinski definition) is 0. The van der Waals surface area contributed by atoms with Crippen molar-refractivity contribution in [1.29, 1.82) is 5.26 Å². The minimum Gasteiger partial charge on any atom is -0.406 e. The third-order valence-corrected chi connectivity index (χ3v) is 5.36. The van der Waals surface area contributed by atoms with Crippen molar-refractivity contribution >= 4 is 0 Å². The van der Waals surface area contributed by atoms with Crippen molar-refractivity contribution in [2.24, 2.45) is 10.8 Å². The Balaban J connectivity index is 2.00. The number of likely N-dealkylation sites (tertiary alicyclic amines) is 1. The zero-order chi connectivity index (χ0) is 18.7. The number of alkyl halides is 3. The van der Waals surface area contributed by atoms with Gasteiger partial charge in [-0.05, 0) is 54.5 Å². The Labute approximate surface area is 147 Å². The largest absolute Gasteiger partial charge is 0.573 e. The second kappa shape index (κ2) is 7.25. The highest BCUT2D eigenvalue weighted by Crippen LogP contribution is 2.49. The van der Waals surface area contributed by atoms with Gasteiger partial charge in [0.15, 0.2) is 0 Å². The summed E-state index contributed by atoms with van der Waals surface area (Å²) in [4.78, 5) is 2.23. The minimum atomic E-state index is -4.67. The van der Waals surface area contributed by atoms with Crippen LogP contribution in [0.15, 0.2) is 24.3 Å². The molecule has 25 heavy (non-hydrogen) atoms. The van der Waals surface area contributed by atoms with Crippen LogP contribution in [-0.2, 0) is 6.54 Å². The van der Waals surface area contributed by atoms with Crippen LogP contribution in [0.4, 0.5) is 13.2 Å². The van der Waals surface area contributed by atoms with E-state index < -0.39 is 6.36 Å². The fourth-order valence-electron chi connectivity index (χ4n) is 3.58. The number of ether oxygens (including phenoxy) is 1. The first-order chi connectivity index (χ1) is 11.5. The van der Waals surface area contributed by atoms with Gasteiger partial charge in [0, 0.05) is 13.0 Å². The highest BCUT2D eigenvalue weighted by Gasteiger charge is 2.43. The van der Waals surface area contributed by atoms with Crippen LogP contribution in [0.3, 0.4) is 0 Å². The lowest BCUT2D eigenvalue weighted by atomic mass is 9.60. The Bertz CT molecular complexity index is 621. The fraction of sp³-hybridized carbons (Fsp3) is 0.632. The molecule has 0 saturated carbocycles. The van der Waals surface area contributed by atoms with Gasteiger partial charge < -0.3 is 4.74 Å². The molecule has 0 spiro atoms. The molecule has 1 heterocycles. The molecule has 0 N–H and O–H groups in total. The van der Waals surface area contributed by atoms with E-state index in [1.165, 1.54) is 12.1 Å². The van der Waals surface area contributed by atoms with E-state index in [0.29, 0.717) is 13.0 Å². The molecule has 1 aromatic rings. The first-order valence-electron chi connectivity index (χ1n) is 8.49. The number of halogens is 3. The van der Waals surface area contributed by atoms with Crippen molar-refractivity contribution in [1.82, 2.24) is 4.90 Å². The second-order valence-corrected chi connectivity index (χ2v) is 7.84. The molecule has 2 rings (SSSR count). The molecule has 0 aliphatic carbocycles. The molecule has 1 saturated heterocycles. The monoisotopic (exact) mass is 354 g/mol. The molecule has 0 aromatic heterocycles. The summed E-state index contributed by atoms with van der Waals surface area (Å²) in [6, 6.07) is 8.47. The zero-order valence-electron chi connectivity index (χ0n) is 15.0. The summed E-state index contributed by atoms with van der Waals surface area (Å²) in [5.74, 6) is -0.185. The Kier molecular flexibility index (Phi) is 5.68. The number of rotatable bonds is 4. The van der Waals surface area contributed by atoms with Crippen LogP contribution < -0.4 is 4.74 Å². The summed E-state index contributed by atoms with van der Waals surface area (Å²) in [7, 11) is 0. The average molecular weight is 354 g/mol. The van der Waals surface area contributed by atoms with Gasteiger partial charge in [0.2, 0.25) is 0 Å². The van der Waals surface area contributed by atoms with E-state index in [1.807, 2.05) is 6.07 Å². The Morgan fingerprint density at radius 1 is 1.20 bits per heavy atom. The molecular weight excluding hydrogens is 329 g/mol. The van der Waals surface area contributed by atoms with E-state index in [0.717, 1.165) is 31.5 Å². The summed E-state index contributed by atoms with van der Waals surface area (Å²) in [6.07, 6.45) is -2.29. The van der Waals surface area contributed by atoms with Gasteiger partial charge in [-0.3, -0.25) is 4.90 Å². The maximum absolute atomic E-state index is 12.3. The van der Waals surface area contributed by atoms with E-state index in [-0.39, 0.29) is 16.6 Å². The number of hydrogen-bond acceptors (Lipinski definition) is 3. The predicted octanol–water partition coefficient (Wildman–Crippen LogP) is 5.13. The van der Waals surface area contributed by atoms with Crippen LogP contribution in [0.25, 0.3) is 0 Å². The lowest BCUT2D eigenvalue weighted by molar-refractivity contribution is -0.274. The topological polar surface area (TPSA) is 36.3 Å². The quantitative estimate of drug-likeness (QED) is 0.752. The number of benzene rings is 1. The van der Waals surface area contributed by atoms with E-state index in [9.17, 15) is 18.4 Å². The molecule has 1 aromatic carbocycles. The SMILES string of the molecule is CC(C)(C)C1(CC#N)CCN(Cc2cccc(OC(F)(F)F)c2)CC1. The third kappa shape index (κ3) is 5.12. The normalized spacial score (nSPS) is 18.6. The minimum absolute atomic E-state index is 0.000502. The van der Waals surface area contributed by atoms with Gasteiger partial charge in [-0.2, -0.15) is 5.26 Å². The molecule has 1 fully saturated rings. The van der Waals surface area contributed by atoms with E-state index >= 15 is 0 Å². The van der Waals surface area contributed by atoms with E-state index in [1.54, 1.807) is 6.07 Å². The highest BCUT2D eigenvalue weighted by molar-refractivity contribution is 5.28. The van der Waals surface area contributed by atoms with Crippen LogP contribution in [-0.4, -0.2) is 24.4 Å². The first kappa shape index (κ1) is 19.6. The molecule has 138 valence electrons. The van der Waals surface area contributed by atoms with Crippen molar-refractivity contribution in [3.05, 3.63) is 29.8 Å². The molecular formula is C19H25F3N2O. The number of nitrogens with zero attached hydrogens (tertiary/aromatic N) is 2. The summed E-state index contributed by atoms with van der Waals surface area (Å²) >= 11 is 0. The van der Waals surface area contributed by atoms with Crippen LogP contribution in [0.5, 0.6) is 5.75 Å². The number of piperidine rings is 1. The van der Waals surface area contributed by atoms with Gasteiger partial charge in [-0.25, -0.2) is 0 Å². The van der Waals surface area contributed by atoms with Crippen molar-refractivity contribution in [3.63, 3.8) is 0 Å². The van der Waals surface area contributed by atoms with Crippen molar-refractivity contribution in [3.8, 4) is 11.8 Å². The standard InChI is InChI=1S/C19H25F3N2O/c1-17(2,3)18(7-10-23)8-11-24(12-9-18)14-15-5-4-6-16(13-15)25-19(20,21)22/h4-6,13H,7-9,11-12,14H2,1-3H3. The fourth-order valence-corrected chi connectivity index (χ4v) is 3.58. The third-order valence-electron chi connectivity index (χ3n) is 5.36. The molecule has 1 aliphatic heterocycles. The molecule has 1 aliphatic rings.